The molecule has 7 heteroatoms. The van der Waals surface area contributed by atoms with Gasteiger partial charge in [0, 0.05) is 5.56 Å². The van der Waals surface area contributed by atoms with Crippen LogP contribution in [0.5, 0.6) is 0 Å². The molecule has 0 saturated carbocycles. The van der Waals surface area contributed by atoms with Crippen molar-refractivity contribution in [1.29, 1.82) is 0 Å². The van der Waals surface area contributed by atoms with Crippen LogP contribution in [0, 0.1) is 12.7 Å². The second-order valence-corrected chi connectivity index (χ2v) is 6.28. The van der Waals surface area contributed by atoms with Crippen molar-refractivity contribution < 1.29 is 18.7 Å². The molecule has 0 aliphatic rings. The van der Waals surface area contributed by atoms with E-state index < -0.39 is 23.7 Å². The van der Waals surface area contributed by atoms with Gasteiger partial charge in [0.05, 0.1) is 11.4 Å². The Kier molecular flexibility index (Phi) is 5.37. The van der Waals surface area contributed by atoms with Crippen LogP contribution in [0.2, 0.25) is 5.15 Å². The molecule has 0 fully saturated rings. The summed E-state index contributed by atoms with van der Waals surface area (Å²) >= 11 is 6.33. The first-order valence-electron chi connectivity index (χ1n) is 8.19. The molecule has 27 heavy (non-hydrogen) atoms. The van der Waals surface area contributed by atoms with Crippen molar-refractivity contribution >= 4 is 23.4 Å². The number of carbonyl (C=O) groups is 2. The SMILES string of the molecule is Cc1nn(-c2ccccc2)c(Cl)c1C(=O)O[C@H](C)C(=O)c1ccc(F)cc1. The maximum absolute atomic E-state index is 13.0. The van der Waals surface area contributed by atoms with Crippen LogP contribution in [0.3, 0.4) is 0 Å². The number of aryl methyl sites for hydroxylation is 1. The van der Waals surface area contributed by atoms with Gasteiger partial charge in [-0.1, -0.05) is 29.8 Å². The predicted molar refractivity (Wildman–Crippen MR) is 98.9 cm³/mol. The van der Waals surface area contributed by atoms with E-state index in [1.165, 1.54) is 35.9 Å². The van der Waals surface area contributed by atoms with Crippen molar-refractivity contribution in [2.45, 2.75) is 20.0 Å². The molecule has 138 valence electrons. The van der Waals surface area contributed by atoms with Crippen LogP contribution in [0.25, 0.3) is 5.69 Å². The fourth-order valence-electron chi connectivity index (χ4n) is 2.59. The van der Waals surface area contributed by atoms with Crippen molar-refractivity contribution in [1.82, 2.24) is 9.78 Å². The number of aromatic nitrogens is 2. The molecule has 0 radical (unpaired) electrons. The highest BCUT2D eigenvalue weighted by atomic mass is 35.5. The molecule has 0 amide bonds. The lowest BCUT2D eigenvalue weighted by molar-refractivity contribution is 0.0318. The minimum absolute atomic E-state index is 0.0966. The van der Waals surface area contributed by atoms with Crippen molar-refractivity contribution in [2.75, 3.05) is 0 Å². The van der Waals surface area contributed by atoms with E-state index >= 15 is 0 Å². The van der Waals surface area contributed by atoms with Crippen LogP contribution in [0.4, 0.5) is 4.39 Å². The van der Waals surface area contributed by atoms with Gasteiger partial charge in [-0.25, -0.2) is 13.9 Å². The van der Waals surface area contributed by atoms with Gasteiger partial charge in [0.2, 0.25) is 5.78 Å². The number of ether oxygens (including phenoxy) is 1. The summed E-state index contributed by atoms with van der Waals surface area (Å²) in [6.45, 7) is 3.09. The molecule has 1 heterocycles. The Labute approximate surface area is 160 Å². The summed E-state index contributed by atoms with van der Waals surface area (Å²) in [4.78, 5) is 24.9. The van der Waals surface area contributed by atoms with Crippen LogP contribution in [-0.2, 0) is 4.74 Å². The lowest BCUT2D eigenvalue weighted by atomic mass is 10.1. The van der Waals surface area contributed by atoms with Gasteiger partial charge >= 0.3 is 5.97 Å². The Balaban J connectivity index is 1.81. The third kappa shape index (κ3) is 3.90. The number of ketones is 1. The predicted octanol–water partition coefficient (Wildman–Crippen LogP) is 4.40. The maximum Gasteiger partial charge on any atom is 0.343 e. The van der Waals surface area contributed by atoms with Gasteiger partial charge in [0.15, 0.2) is 6.10 Å². The molecule has 0 aliphatic heterocycles. The Morgan fingerprint density at radius 3 is 2.37 bits per heavy atom. The summed E-state index contributed by atoms with van der Waals surface area (Å²) in [5, 5.41) is 4.38. The average molecular weight is 387 g/mol. The zero-order valence-electron chi connectivity index (χ0n) is 14.6. The Bertz CT molecular complexity index is 984. The smallest absolute Gasteiger partial charge is 0.343 e. The van der Waals surface area contributed by atoms with Gasteiger partial charge in [-0.15, -0.1) is 0 Å². The summed E-state index contributed by atoms with van der Waals surface area (Å²) in [5.74, 6) is -1.64. The van der Waals surface area contributed by atoms with Crippen molar-refractivity contribution in [2.24, 2.45) is 0 Å². The Hall–Kier alpha value is -2.99. The molecule has 0 saturated heterocycles. The van der Waals surface area contributed by atoms with Crippen LogP contribution >= 0.6 is 11.6 Å². The number of hydrogen-bond acceptors (Lipinski definition) is 4. The summed E-state index contributed by atoms with van der Waals surface area (Å²) in [5.41, 5.74) is 1.43. The maximum atomic E-state index is 13.0. The number of carbonyl (C=O) groups excluding carboxylic acids is 2. The highest BCUT2D eigenvalue weighted by Crippen LogP contribution is 2.25. The molecule has 0 spiro atoms. The first kappa shape index (κ1) is 18.8. The van der Waals surface area contributed by atoms with E-state index in [4.69, 9.17) is 16.3 Å². The molecule has 5 nitrogen and oxygen atoms in total. The van der Waals surface area contributed by atoms with Gasteiger partial charge in [-0.05, 0) is 50.2 Å². The van der Waals surface area contributed by atoms with E-state index in [-0.39, 0.29) is 16.3 Å². The van der Waals surface area contributed by atoms with Gasteiger partial charge in [-0.3, -0.25) is 4.79 Å². The highest BCUT2D eigenvalue weighted by Gasteiger charge is 2.26. The number of para-hydroxylation sites is 1. The van der Waals surface area contributed by atoms with E-state index in [0.29, 0.717) is 11.4 Å². The average Bonchev–Trinajstić information content (AvgIpc) is 2.96. The molecule has 3 aromatic rings. The molecular formula is C20H16ClFN2O3. The van der Waals surface area contributed by atoms with Crippen LogP contribution in [0.1, 0.15) is 33.3 Å². The second kappa shape index (κ2) is 7.72. The summed E-state index contributed by atoms with van der Waals surface area (Å²) in [6, 6.07) is 14.1. The molecule has 3 rings (SSSR count). The number of esters is 1. The molecule has 0 aliphatic carbocycles. The Morgan fingerprint density at radius 1 is 1.11 bits per heavy atom. The zero-order chi connectivity index (χ0) is 19.6. The first-order valence-corrected chi connectivity index (χ1v) is 8.57. The van der Waals surface area contributed by atoms with Gasteiger partial charge < -0.3 is 4.74 Å². The minimum Gasteiger partial charge on any atom is -0.451 e. The molecule has 1 aromatic heterocycles. The summed E-state index contributed by atoms with van der Waals surface area (Å²) in [6.07, 6.45) is -1.06. The number of benzene rings is 2. The third-order valence-corrected chi connectivity index (χ3v) is 4.34. The van der Waals surface area contributed by atoms with E-state index in [2.05, 4.69) is 5.10 Å². The van der Waals surface area contributed by atoms with Crippen molar-refractivity contribution in [3.8, 4) is 5.69 Å². The van der Waals surface area contributed by atoms with E-state index in [9.17, 15) is 14.0 Å². The molecule has 0 unspecified atom stereocenters. The minimum atomic E-state index is -1.06. The van der Waals surface area contributed by atoms with Gasteiger partial charge in [0.25, 0.3) is 0 Å². The number of Topliss-reactive ketones (excluding diaryl/α,β-unsaturated/α-hetero) is 1. The van der Waals surface area contributed by atoms with Crippen LogP contribution < -0.4 is 0 Å². The molecule has 1 atom stereocenters. The van der Waals surface area contributed by atoms with Gasteiger partial charge in [-0.2, -0.15) is 5.10 Å². The van der Waals surface area contributed by atoms with Crippen molar-refractivity contribution in [3.05, 3.63) is 82.4 Å². The van der Waals surface area contributed by atoms with E-state index in [1.54, 1.807) is 19.1 Å². The van der Waals surface area contributed by atoms with E-state index in [1.807, 2.05) is 18.2 Å². The van der Waals surface area contributed by atoms with Crippen molar-refractivity contribution in [3.63, 3.8) is 0 Å². The molecular weight excluding hydrogens is 371 g/mol. The lowest BCUT2D eigenvalue weighted by Crippen LogP contribution is -2.24. The van der Waals surface area contributed by atoms with Crippen LogP contribution in [0.15, 0.2) is 54.6 Å². The Morgan fingerprint density at radius 2 is 1.74 bits per heavy atom. The molecule has 0 bridgehead atoms. The zero-order valence-corrected chi connectivity index (χ0v) is 15.4. The van der Waals surface area contributed by atoms with Gasteiger partial charge in [0.1, 0.15) is 16.5 Å². The number of hydrogen-bond donors (Lipinski definition) is 0. The number of rotatable bonds is 5. The van der Waals surface area contributed by atoms with E-state index in [0.717, 1.165) is 0 Å². The fourth-order valence-corrected chi connectivity index (χ4v) is 2.94. The summed E-state index contributed by atoms with van der Waals surface area (Å²) < 4.78 is 19.7. The second-order valence-electron chi connectivity index (χ2n) is 5.92. The number of halogens is 2. The standard InChI is InChI=1S/C20H16ClFN2O3/c1-12-17(19(21)24(23-12)16-6-4-3-5-7-16)20(26)27-13(2)18(25)14-8-10-15(22)11-9-14/h3-11,13H,1-2H3/t13-/m1/s1. The highest BCUT2D eigenvalue weighted by molar-refractivity contribution is 6.33. The largest absolute Gasteiger partial charge is 0.451 e. The summed E-state index contributed by atoms with van der Waals surface area (Å²) in [7, 11) is 0. The first-order chi connectivity index (χ1) is 12.9. The quantitative estimate of drug-likeness (QED) is 0.481. The lowest BCUT2D eigenvalue weighted by Gasteiger charge is -2.12. The fraction of sp³-hybridized carbons (Fsp3) is 0.150. The van der Waals surface area contributed by atoms with Crippen LogP contribution in [-0.4, -0.2) is 27.6 Å². The normalized spacial score (nSPS) is 11.9. The molecule has 0 N–H and O–H groups in total. The monoisotopic (exact) mass is 386 g/mol. The topological polar surface area (TPSA) is 61.2 Å². The number of nitrogens with zero attached hydrogens (tertiary/aromatic N) is 2. The molecule has 2 aromatic carbocycles. The third-order valence-electron chi connectivity index (χ3n) is 3.99.